The van der Waals surface area contributed by atoms with Crippen molar-refractivity contribution in [3.63, 3.8) is 0 Å². The summed E-state index contributed by atoms with van der Waals surface area (Å²) in [6.07, 6.45) is 1.35. The summed E-state index contributed by atoms with van der Waals surface area (Å²) in [4.78, 5) is 0. The second-order valence-electron chi connectivity index (χ2n) is 3.23. The normalized spacial score (nSPS) is 14.3. The van der Waals surface area contributed by atoms with Gasteiger partial charge in [-0.05, 0) is 13.3 Å². The van der Waals surface area contributed by atoms with Crippen LogP contribution in [0, 0.1) is 11.3 Å². The van der Waals surface area contributed by atoms with Crippen molar-refractivity contribution >= 4 is 20.0 Å². The maximum atomic E-state index is 11.2. The average molecular weight is 269 g/mol. The van der Waals surface area contributed by atoms with Crippen LogP contribution >= 0.6 is 0 Å². The fraction of sp³-hybridized carbons (Fsp3) is 0.857. The molecule has 0 amide bonds. The monoisotopic (exact) mass is 269 g/mol. The number of hydrogen-bond donors (Lipinski definition) is 2. The van der Waals surface area contributed by atoms with Gasteiger partial charge in [0.05, 0.1) is 12.3 Å². The molecule has 0 aliphatic rings. The van der Waals surface area contributed by atoms with Crippen molar-refractivity contribution in [2.45, 2.75) is 18.6 Å². The van der Waals surface area contributed by atoms with Crippen LogP contribution in [0.5, 0.6) is 0 Å². The number of hydrogen-bond acceptors (Lipinski definition) is 5. The van der Waals surface area contributed by atoms with Crippen LogP contribution < -0.4 is 9.44 Å². The fourth-order valence-corrected chi connectivity index (χ4v) is 2.09. The van der Waals surface area contributed by atoms with Crippen molar-refractivity contribution < 1.29 is 16.8 Å². The lowest BCUT2D eigenvalue weighted by atomic mass is 10.4. The molecule has 0 fully saturated rings. The summed E-state index contributed by atoms with van der Waals surface area (Å²) in [5, 5.41) is 7.30. The highest BCUT2D eigenvalue weighted by Gasteiger charge is 2.18. The molecule has 0 bridgehead atoms. The molecule has 16 heavy (non-hydrogen) atoms. The number of sulfonamides is 2. The van der Waals surface area contributed by atoms with Gasteiger partial charge in [0.1, 0.15) is 0 Å². The van der Waals surface area contributed by atoms with Gasteiger partial charge in [0.15, 0.2) is 5.25 Å². The summed E-state index contributed by atoms with van der Waals surface area (Å²) in [6.45, 7) is 1.52. The standard InChI is InChI=1S/C7H15N3O4S2/c1-7(6-8)16(13,14)10-5-3-4-9-15(2,11)12/h7,9-10H,3-5H2,1-2H3. The number of rotatable bonds is 7. The predicted octanol–water partition coefficient (Wildman–Crippen LogP) is -1.24. The van der Waals surface area contributed by atoms with Crippen molar-refractivity contribution in [3.05, 3.63) is 0 Å². The molecule has 9 heteroatoms. The molecule has 0 aromatic rings. The third-order valence-corrected chi connectivity index (χ3v) is 4.04. The van der Waals surface area contributed by atoms with Crippen LogP contribution in [0.4, 0.5) is 0 Å². The van der Waals surface area contributed by atoms with Crippen molar-refractivity contribution in [2.24, 2.45) is 0 Å². The summed E-state index contributed by atoms with van der Waals surface area (Å²) < 4.78 is 48.2. The molecule has 0 aromatic heterocycles. The van der Waals surface area contributed by atoms with E-state index in [-0.39, 0.29) is 13.1 Å². The summed E-state index contributed by atoms with van der Waals surface area (Å²) in [5.41, 5.74) is 0. The molecule has 0 aromatic carbocycles. The van der Waals surface area contributed by atoms with Gasteiger partial charge >= 0.3 is 0 Å². The molecular formula is C7H15N3O4S2. The summed E-state index contributed by atoms with van der Waals surface area (Å²) in [7, 11) is -6.86. The molecule has 0 aliphatic carbocycles. The molecule has 94 valence electrons. The molecule has 0 spiro atoms. The minimum Gasteiger partial charge on any atom is -0.215 e. The largest absolute Gasteiger partial charge is 0.227 e. The van der Waals surface area contributed by atoms with E-state index < -0.39 is 25.3 Å². The zero-order valence-electron chi connectivity index (χ0n) is 9.10. The molecule has 1 unspecified atom stereocenters. The predicted molar refractivity (Wildman–Crippen MR) is 59.5 cm³/mol. The Labute approximate surface area is 95.9 Å². The smallest absolute Gasteiger partial charge is 0.215 e. The van der Waals surface area contributed by atoms with Crippen molar-refractivity contribution in [1.82, 2.24) is 9.44 Å². The minimum atomic E-state index is -3.61. The maximum Gasteiger partial charge on any atom is 0.227 e. The molecule has 0 aliphatic heterocycles. The summed E-state index contributed by atoms with van der Waals surface area (Å²) >= 11 is 0. The van der Waals surface area contributed by atoms with E-state index in [9.17, 15) is 16.8 Å². The third kappa shape index (κ3) is 6.73. The van der Waals surface area contributed by atoms with E-state index in [0.717, 1.165) is 6.26 Å². The highest BCUT2D eigenvalue weighted by atomic mass is 32.2. The van der Waals surface area contributed by atoms with Crippen molar-refractivity contribution in [1.29, 1.82) is 5.26 Å². The SMILES string of the molecule is CC(C#N)S(=O)(=O)NCCCNS(C)(=O)=O. The van der Waals surface area contributed by atoms with Gasteiger partial charge < -0.3 is 0 Å². The molecule has 0 heterocycles. The van der Waals surface area contributed by atoms with Crippen LogP contribution in [-0.4, -0.2) is 41.4 Å². The molecule has 7 nitrogen and oxygen atoms in total. The Bertz CT molecular complexity index is 449. The zero-order valence-corrected chi connectivity index (χ0v) is 10.7. The topological polar surface area (TPSA) is 116 Å². The van der Waals surface area contributed by atoms with E-state index in [0.29, 0.717) is 6.42 Å². The molecule has 1 atom stereocenters. The van der Waals surface area contributed by atoms with E-state index in [4.69, 9.17) is 5.26 Å². The first-order valence-electron chi connectivity index (χ1n) is 4.52. The Morgan fingerprint density at radius 2 is 1.69 bits per heavy atom. The zero-order chi connectivity index (χ0) is 12.8. The van der Waals surface area contributed by atoms with Gasteiger partial charge in [-0.2, -0.15) is 5.26 Å². The minimum absolute atomic E-state index is 0.0941. The van der Waals surface area contributed by atoms with Gasteiger partial charge in [-0.1, -0.05) is 0 Å². The van der Waals surface area contributed by atoms with Crippen LogP contribution in [0.2, 0.25) is 0 Å². The average Bonchev–Trinajstić information content (AvgIpc) is 2.14. The molecule has 0 saturated carbocycles. The Hall–Kier alpha value is -0.690. The fourth-order valence-electron chi connectivity index (χ4n) is 0.755. The van der Waals surface area contributed by atoms with Gasteiger partial charge in [-0.15, -0.1) is 0 Å². The lowest BCUT2D eigenvalue weighted by Gasteiger charge is -2.07. The molecular weight excluding hydrogens is 254 g/mol. The van der Waals surface area contributed by atoms with Gasteiger partial charge in [0.2, 0.25) is 20.0 Å². The van der Waals surface area contributed by atoms with Crippen LogP contribution in [0.25, 0.3) is 0 Å². The van der Waals surface area contributed by atoms with E-state index in [1.165, 1.54) is 6.92 Å². The third-order valence-electron chi connectivity index (χ3n) is 1.67. The first-order valence-corrected chi connectivity index (χ1v) is 7.95. The number of nitrogens with zero attached hydrogens (tertiary/aromatic N) is 1. The van der Waals surface area contributed by atoms with E-state index >= 15 is 0 Å². The van der Waals surface area contributed by atoms with Crippen molar-refractivity contribution in [2.75, 3.05) is 19.3 Å². The quantitative estimate of drug-likeness (QED) is 0.561. The van der Waals surface area contributed by atoms with Gasteiger partial charge in [-0.3, -0.25) is 0 Å². The van der Waals surface area contributed by atoms with Crippen LogP contribution in [0.15, 0.2) is 0 Å². The van der Waals surface area contributed by atoms with E-state index in [1.54, 1.807) is 6.07 Å². The first kappa shape index (κ1) is 15.3. The Kier molecular flexibility index (Phi) is 5.88. The van der Waals surface area contributed by atoms with Crippen molar-refractivity contribution in [3.8, 4) is 6.07 Å². The second kappa shape index (κ2) is 6.15. The van der Waals surface area contributed by atoms with E-state index in [1.807, 2.05) is 0 Å². The maximum absolute atomic E-state index is 11.2. The second-order valence-corrected chi connectivity index (χ2v) is 7.15. The Morgan fingerprint density at radius 1 is 1.19 bits per heavy atom. The highest BCUT2D eigenvalue weighted by Crippen LogP contribution is 1.95. The molecule has 0 saturated heterocycles. The van der Waals surface area contributed by atoms with Gasteiger partial charge in [-0.25, -0.2) is 26.3 Å². The lowest BCUT2D eigenvalue weighted by Crippen LogP contribution is -2.34. The number of nitriles is 1. The molecule has 2 N–H and O–H groups in total. The lowest BCUT2D eigenvalue weighted by molar-refractivity contribution is 0.571. The highest BCUT2D eigenvalue weighted by molar-refractivity contribution is 7.90. The Balaban J connectivity index is 3.89. The molecule has 0 rings (SSSR count). The first-order chi connectivity index (χ1) is 7.19. The van der Waals surface area contributed by atoms with Gasteiger partial charge in [0, 0.05) is 13.1 Å². The number of nitrogens with one attached hydrogen (secondary N) is 2. The van der Waals surface area contributed by atoms with E-state index in [2.05, 4.69) is 9.44 Å². The summed E-state index contributed by atoms with van der Waals surface area (Å²) in [6, 6.07) is 1.61. The van der Waals surface area contributed by atoms with Crippen LogP contribution in [-0.2, 0) is 20.0 Å². The van der Waals surface area contributed by atoms with Crippen LogP contribution in [0.1, 0.15) is 13.3 Å². The molecule has 0 radical (unpaired) electrons. The van der Waals surface area contributed by atoms with Gasteiger partial charge in [0.25, 0.3) is 0 Å². The summed E-state index contributed by atoms with van der Waals surface area (Å²) in [5.74, 6) is 0. The van der Waals surface area contributed by atoms with Crippen LogP contribution in [0.3, 0.4) is 0 Å². The Morgan fingerprint density at radius 3 is 2.12 bits per heavy atom.